The van der Waals surface area contributed by atoms with Gasteiger partial charge in [0.05, 0.1) is 6.26 Å². The Labute approximate surface area is 91.8 Å². The Balaban J connectivity index is 2.27. The standard InChI is InChI=1S/C10H15F3N2O/c11-10(12,13)6-5-8(15-14)3-4-9-2-1-7-16-9/h1-2,7-8,15H,3-6,14H2. The molecule has 0 amide bonds. The van der Waals surface area contributed by atoms with Gasteiger partial charge in [0, 0.05) is 18.9 Å². The molecule has 0 radical (unpaired) electrons. The van der Waals surface area contributed by atoms with Gasteiger partial charge in [-0.3, -0.25) is 11.3 Å². The fraction of sp³-hybridized carbons (Fsp3) is 0.600. The third-order valence-corrected chi connectivity index (χ3v) is 2.33. The highest BCUT2D eigenvalue weighted by Crippen LogP contribution is 2.23. The van der Waals surface area contributed by atoms with Gasteiger partial charge in [-0.15, -0.1) is 0 Å². The lowest BCUT2D eigenvalue weighted by atomic mass is 10.1. The lowest BCUT2D eigenvalue weighted by Crippen LogP contribution is -2.36. The van der Waals surface area contributed by atoms with Crippen LogP contribution in [-0.4, -0.2) is 12.2 Å². The van der Waals surface area contributed by atoms with Gasteiger partial charge in [-0.2, -0.15) is 13.2 Å². The number of nitrogens with two attached hydrogens (primary N) is 1. The minimum atomic E-state index is -4.13. The molecule has 1 unspecified atom stereocenters. The summed E-state index contributed by atoms with van der Waals surface area (Å²) in [5.41, 5.74) is 2.40. The second-order valence-corrected chi connectivity index (χ2v) is 3.64. The van der Waals surface area contributed by atoms with E-state index in [0.717, 1.165) is 5.76 Å². The molecule has 1 rings (SSSR count). The monoisotopic (exact) mass is 236 g/mol. The van der Waals surface area contributed by atoms with Gasteiger partial charge in [-0.25, -0.2) is 0 Å². The molecule has 3 N–H and O–H groups in total. The summed E-state index contributed by atoms with van der Waals surface area (Å²) < 4.78 is 41.0. The van der Waals surface area contributed by atoms with Crippen LogP contribution in [0.15, 0.2) is 22.8 Å². The van der Waals surface area contributed by atoms with Gasteiger partial charge in [0.15, 0.2) is 0 Å². The van der Waals surface area contributed by atoms with Crippen LogP contribution < -0.4 is 11.3 Å². The predicted octanol–water partition coefficient (Wildman–Crippen LogP) is 2.39. The van der Waals surface area contributed by atoms with Crippen molar-refractivity contribution < 1.29 is 17.6 Å². The van der Waals surface area contributed by atoms with Crippen LogP contribution in [0.25, 0.3) is 0 Å². The Bertz CT molecular complexity index is 285. The number of hydrogen-bond acceptors (Lipinski definition) is 3. The van der Waals surface area contributed by atoms with Gasteiger partial charge >= 0.3 is 6.18 Å². The van der Waals surface area contributed by atoms with Gasteiger partial charge in [0.2, 0.25) is 0 Å². The number of hydrogen-bond donors (Lipinski definition) is 2. The van der Waals surface area contributed by atoms with Gasteiger partial charge in [0.1, 0.15) is 5.76 Å². The van der Waals surface area contributed by atoms with E-state index in [9.17, 15) is 13.2 Å². The molecule has 1 heterocycles. The fourth-order valence-corrected chi connectivity index (χ4v) is 1.42. The van der Waals surface area contributed by atoms with E-state index in [2.05, 4.69) is 5.43 Å². The normalized spacial score (nSPS) is 14.0. The fourth-order valence-electron chi connectivity index (χ4n) is 1.42. The molecule has 0 saturated heterocycles. The number of nitrogens with one attached hydrogen (secondary N) is 1. The van der Waals surface area contributed by atoms with Gasteiger partial charge in [-0.1, -0.05) is 0 Å². The van der Waals surface area contributed by atoms with E-state index in [1.54, 1.807) is 12.1 Å². The third-order valence-electron chi connectivity index (χ3n) is 2.33. The van der Waals surface area contributed by atoms with E-state index in [4.69, 9.17) is 10.3 Å². The molecule has 0 saturated carbocycles. The molecule has 16 heavy (non-hydrogen) atoms. The van der Waals surface area contributed by atoms with E-state index in [-0.39, 0.29) is 12.5 Å². The second kappa shape index (κ2) is 5.91. The van der Waals surface area contributed by atoms with Crippen LogP contribution in [0.3, 0.4) is 0 Å². The van der Waals surface area contributed by atoms with E-state index < -0.39 is 12.6 Å². The lowest BCUT2D eigenvalue weighted by molar-refractivity contribution is -0.136. The van der Waals surface area contributed by atoms with Crippen molar-refractivity contribution in [2.24, 2.45) is 5.84 Å². The maximum absolute atomic E-state index is 12.0. The van der Waals surface area contributed by atoms with Crippen LogP contribution in [0.1, 0.15) is 25.0 Å². The first-order valence-corrected chi connectivity index (χ1v) is 5.06. The van der Waals surface area contributed by atoms with Crippen LogP contribution >= 0.6 is 0 Å². The largest absolute Gasteiger partial charge is 0.469 e. The molecule has 0 bridgehead atoms. The highest BCUT2D eigenvalue weighted by molar-refractivity contribution is 4.98. The van der Waals surface area contributed by atoms with Crippen LogP contribution in [0.2, 0.25) is 0 Å². The molecule has 92 valence electrons. The van der Waals surface area contributed by atoms with E-state index >= 15 is 0 Å². The highest BCUT2D eigenvalue weighted by Gasteiger charge is 2.27. The second-order valence-electron chi connectivity index (χ2n) is 3.64. The molecule has 0 aromatic carbocycles. The average Bonchev–Trinajstić information content (AvgIpc) is 2.69. The zero-order chi connectivity index (χ0) is 12.0. The Kier molecular flexibility index (Phi) is 4.82. The van der Waals surface area contributed by atoms with Crippen LogP contribution in [0, 0.1) is 0 Å². The number of halogens is 3. The SMILES string of the molecule is NNC(CCc1ccco1)CCC(F)(F)F. The predicted molar refractivity (Wildman–Crippen MR) is 53.4 cm³/mol. The van der Waals surface area contributed by atoms with Crippen molar-refractivity contribution >= 4 is 0 Å². The zero-order valence-electron chi connectivity index (χ0n) is 8.76. The Morgan fingerprint density at radius 2 is 2.12 bits per heavy atom. The van der Waals surface area contributed by atoms with Crippen LogP contribution in [0.5, 0.6) is 0 Å². The minimum Gasteiger partial charge on any atom is -0.469 e. The number of alkyl halides is 3. The number of aryl methyl sites for hydroxylation is 1. The molecular formula is C10H15F3N2O. The van der Waals surface area contributed by atoms with Crippen molar-refractivity contribution in [1.82, 2.24) is 5.43 Å². The van der Waals surface area contributed by atoms with Crippen molar-refractivity contribution in [3.8, 4) is 0 Å². The molecule has 6 heteroatoms. The summed E-state index contributed by atoms with van der Waals surface area (Å²) >= 11 is 0. The van der Waals surface area contributed by atoms with E-state index in [1.807, 2.05) is 0 Å². The molecule has 0 aliphatic rings. The summed E-state index contributed by atoms with van der Waals surface area (Å²) in [6, 6.07) is 3.19. The van der Waals surface area contributed by atoms with Crippen molar-refractivity contribution in [3.63, 3.8) is 0 Å². The Morgan fingerprint density at radius 3 is 2.62 bits per heavy atom. The van der Waals surface area contributed by atoms with Crippen LogP contribution in [0.4, 0.5) is 13.2 Å². The number of rotatable bonds is 6. The van der Waals surface area contributed by atoms with Gasteiger partial charge < -0.3 is 4.42 Å². The molecule has 0 spiro atoms. The molecule has 3 nitrogen and oxygen atoms in total. The topological polar surface area (TPSA) is 51.2 Å². The van der Waals surface area contributed by atoms with Gasteiger partial charge in [0.25, 0.3) is 0 Å². The molecule has 1 atom stereocenters. The summed E-state index contributed by atoms with van der Waals surface area (Å²) in [6.45, 7) is 0. The van der Waals surface area contributed by atoms with Crippen molar-refractivity contribution in [2.45, 2.75) is 37.9 Å². The van der Waals surface area contributed by atoms with Crippen molar-refractivity contribution in [2.75, 3.05) is 0 Å². The van der Waals surface area contributed by atoms with Gasteiger partial charge in [-0.05, 0) is 25.0 Å². The maximum atomic E-state index is 12.0. The quantitative estimate of drug-likeness (QED) is 0.589. The maximum Gasteiger partial charge on any atom is 0.389 e. The summed E-state index contributed by atoms with van der Waals surface area (Å²) in [5, 5.41) is 0. The first-order chi connectivity index (χ1) is 7.51. The Morgan fingerprint density at radius 1 is 1.38 bits per heavy atom. The smallest absolute Gasteiger partial charge is 0.389 e. The molecule has 1 aromatic heterocycles. The third kappa shape index (κ3) is 5.18. The number of furan rings is 1. The number of hydrazine groups is 1. The summed E-state index contributed by atoms with van der Waals surface area (Å²) in [5.74, 6) is 5.95. The molecular weight excluding hydrogens is 221 g/mol. The summed E-state index contributed by atoms with van der Waals surface area (Å²) in [6.07, 6.45) is -2.31. The summed E-state index contributed by atoms with van der Waals surface area (Å²) in [7, 11) is 0. The van der Waals surface area contributed by atoms with Crippen molar-refractivity contribution in [1.29, 1.82) is 0 Å². The lowest BCUT2D eigenvalue weighted by Gasteiger charge is -2.16. The van der Waals surface area contributed by atoms with Crippen LogP contribution in [-0.2, 0) is 6.42 Å². The van der Waals surface area contributed by atoms with Crippen molar-refractivity contribution in [3.05, 3.63) is 24.2 Å². The van der Waals surface area contributed by atoms with E-state index in [1.165, 1.54) is 6.26 Å². The average molecular weight is 236 g/mol. The molecule has 1 aromatic rings. The first kappa shape index (κ1) is 13.1. The molecule has 0 fully saturated rings. The minimum absolute atomic E-state index is 0.0132. The molecule has 0 aliphatic heterocycles. The van der Waals surface area contributed by atoms with E-state index in [0.29, 0.717) is 12.8 Å². The summed E-state index contributed by atoms with van der Waals surface area (Å²) in [4.78, 5) is 0. The Hall–Kier alpha value is -1.01. The highest BCUT2D eigenvalue weighted by atomic mass is 19.4. The zero-order valence-corrected chi connectivity index (χ0v) is 8.76. The first-order valence-electron chi connectivity index (χ1n) is 5.06. The molecule has 0 aliphatic carbocycles.